The van der Waals surface area contributed by atoms with Crippen molar-refractivity contribution >= 4 is 23.0 Å². The third-order valence-electron chi connectivity index (χ3n) is 3.70. The number of rotatable bonds is 2. The van der Waals surface area contributed by atoms with Crippen molar-refractivity contribution in [2.24, 2.45) is 5.92 Å². The zero-order valence-electron chi connectivity index (χ0n) is 11.2. The molecular formula is C15H22N2S. The molecule has 0 amide bonds. The Balaban J connectivity index is 1.88. The van der Waals surface area contributed by atoms with Crippen molar-refractivity contribution in [3.05, 3.63) is 29.8 Å². The predicted octanol–water partition coefficient (Wildman–Crippen LogP) is 3.86. The minimum atomic E-state index is 0.531. The standard InChI is InChI=1S/C15H22N2S/c1-11-6-5-8-13(10-11)16-15(18)17-14-9-4-3-7-12(14)2/h5-6,8,10,12,14H,3-4,7,9H2,1-2H3,(H2,16,17,18). The minimum Gasteiger partial charge on any atom is -0.359 e. The van der Waals surface area contributed by atoms with E-state index in [0.29, 0.717) is 6.04 Å². The number of thiocarbonyl (C=S) groups is 1. The van der Waals surface area contributed by atoms with Gasteiger partial charge in [-0.2, -0.15) is 0 Å². The molecule has 1 fully saturated rings. The Labute approximate surface area is 115 Å². The van der Waals surface area contributed by atoms with Gasteiger partial charge in [-0.3, -0.25) is 0 Å². The van der Waals surface area contributed by atoms with E-state index in [1.165, 1.54) is 31.2 Å². The van der Waals surface area contributed by atoms with Gasteiger partial charge in [0.2, 0.25) is 0 Å². The van der Waals surface area contributed by atoms with E-state index in [0.717, 1.165) is 16.7 Å². The Kier molecular flexibility index (Phi) is 4.59. The molecule has 1 aromatic carbocycles. The Bertz CT molecular complexity index is 417. The van der Waals surface area contributed by atoms with Crippen LogP contribution in [0, 0.1) is 12.8 Å². The SMILES string of the molecule is Cc1cccc(NC(=S)NC2CCCCC2C)c1. The number of nitrogens with one attached hydrogen (secondary N) is 2. The number of aryl methyl sites for hydroxylation is 1. The van der Waals surface area contributed by atoms with Crippen LogP contribution in [0.1, 0.15) is 38.2 Å². The minimum absolute atomic E-state index is 0.531. The molecule has 2 atom stereocenters. The highest BCUT2D eigenvalue weighted by atomic mass is 32.1. The molecule has 2 unspecified atom stereocenters. The van der Waals surface area contributed by atoms with Gasteiger partial charge in [0.05, 0.1) is 0 Å². The summed E-state index contributed by atoms with van der Waals surface area (Å²) >= 11 is 5.39. The van der Waals surface area contributed by atoms with Crippen LogP contribution in [0.4, 0.5) is 5.69 Å². The number of hydrogen-bond acceptors (Lipinski definition) is 1. The van der Waals surface area contributed by atoms with Crippen LogP contribution in [0.25, 0.3) is 0 Å². The first-order valence-electron chi connectivity index (χ1n) is 6.79. The second-order valence-corrected chi connectivity index (χ2v) is 5.74. The largest absolute Gasteiger partial charge is 0.359 e. The zero-order chi connectivity index (χ0) is 13.0. The van der Waals surface area contributed by atoms with Crippen LogP contribution in [-0.2, 0) is 0 Å². The van der Waals surface area contributed by atoms with E-state index < -0.39 is 0 Å². The summed E-state index contributed by atoms with van der Waals surface area (Å²) in [7, 11) is 0. The van der Waals surface area contributed by atoms with E-state index in [1.54, 1.807) is 0 Å². The van der Waals surface area contributed by atoms with Crippen LogP contribution >= 0.6 is 12.2 Å². The first kappa shape index (κ1) is 13.3. The number of benzene rings is 1. The molecule has 0 saturated heterocycles. The fourth-order valence-electron chi connectivity index (χ4n) is 2.59. The summed E-state index contributed by atoms with van der Waals surface area (Å²) in [6.07, 6.45) is 5.22. The summed E-state index contributed by atoms with van der Waals surface area (Å²) in [5, 5.41) is 7.48. The van der Waals surface area contributed by atoms with E-state index >= 15 is 0 Å². The van der Waals surface area contributed by atoms with Gasteiger partial charge in [0.15, 0.2) is 5.11 Å². The fourth-order valence-corrected chi connectivity index (χ4v) is 2.86. The van der Waals surface area contributed by atoms with Crippen LogP contribution < -0.4 is 10.6 Å². The topological polar surface area (TPSA) is 24.1 Å². The van der Waals surface area contributed by atoms with Crippen molar-refractivity contribution in [1.82, 2.24) is 5.32 Å². The average Bonchev–Trinajstić information content (AvgIpc) is 2.32. The van der Waals surface area contributed by atoms with Crippen LogP contribution in [-0.4, -0.2) is 11.2 Å². The molecule has 2 nitrogen and oxygen atoms in total. The maximum absolute atomic E-state index is 5.39. The molecule has 1 aromatic rings. The second kappa shape index (κ2) is 6.19. The summed E-state index contributed by atoms with van der Waals surface area (Å²) < 4.78 is 0. The van der Waals surface area contributed by atoms with Gasteiger partial charge in [-0.1, -0.05) is 31.9 Å². The maximum Gasteiger partial charge on any atom is 0.171 e. The Morgan fingerprint density at radius 1 is 1.28 bits per heavy atom. The van der Waals surface area contributed by atoms with Gasteiger partial charge in [0, 0.05) is 11.7 Å². The highest BCUT2D eigenvalue weighted by Gasteiger charge is 2.21. The molecule has 0 bridgehead atoms. The molecule has 0 spiro atoms. The molecule has 1 aliphatic carbocycles. The van der Waals surface area contributed by atoms with Crippen molar-refractivity contribution in [2.45, 2.75) is 45.6 Å². The lowest BCUT2D eigenvalue weighted by Gasteiger charge is -2.30. The Hall–Kier alpha value is -1.09. The lowest BCUT2D eigenvalue weighted by atomic mass is 9.86. The molecule has 98 valence electrons. The van der Waals surface area contributed by atoms with Gasteiger partial charge >= 0.3 is 0 Å². The molecule has 1 aliphatic rings. The van der Waals surface area contributed by atoms with Gasteiger partial charge < -0.3 is 10.6 Å². The normalized spacial score (nSPS) is 23.4. The third-order valence-corrected chi connectivity index (χ3v) is 3.92. The molecule has 3 heteroatoms. The Morgan fingerprint density at radius 2 is 2.06 bits per heavy atom. The summed E-state index contributed by atoms with van der Waals surface area (Å²) in [6.45, 7) is 4.40. The van der Waals surface area contributed by atoms with Crippen molar-refractivity contribution < 1.29 is 0 Å². The lowest BCUT2D eigenvalue weighted by molar-refractivity contribution is 0.309. The van der Waals surface area contributed by atoms with E-state index in [1.807, 2.05) is 12.1 Å². The highest BCUT2D eigenvalue weighted by Crippen LogP contribution is 2.23. The average molecular weight is 262 g/mol. The first-order valence-corrected chi connectivity index (χ1v) is 7.20. The predicted molar refractivity (Wildman–Crippen MR) is 82.0 cm³/mol. The van der Waals surface area contributed by atoms with Gasteiger partial charge in [-0.05, 0) is 55.6 Å². The molecule has 0 aromatic heterocycles. The fraction of sp³-hybridized carbons (Fsp3) is 0.533. The maximum atomic E-state index is 5.39. The van der Waals surface area contributed by atoms with Crippen molar-refractivity contribution in [2.75, 3.05) is 5.32 Å². The van der Waals surface area contributed by atoms with Crippen LogP contribution in [0.3, 0.4) is 0 Å². The van der Waals surface area contributed by atoms with Crippen molar-refractivity contribution in [3.63, 3.8) is 0 Å². The molecule has 1 saturated carbocycles. The Morgan fingerprint density at radius 3 is 2.78 bits per heavy atom. The zero-order valence-corrected chi connectivity index (χ0v) is 12.0. The van der Waals surface area contributed by atoms with E-state index in [4.69, 9.17) is 12.2 Å². The summed E-state index contributed by atoms with van der Waals surface area (Å²) in [4.78, 5) is 0. The van der Waals surface area contributed by atoms with Crippen molar-refractivity contribution in [3.8, 4) is 0 Å². The van der Waals surface area contributed by atoms with Gasteiger partial charge in [-0.25, -0.2) is 0 Å². The number of hydrogen-bond donors (Lipinski definition) is 2. The quantitative estimate of drug-likeness (QED) is 0.791. The van der Waals surface area contributed by atoms with E-state index in [2.05, 4.69) is 36.6 Å². The third kappa shape index (κ3) is 3.70. The van der Waals surface area contributed by atoms with Crippen LogP contribution in [0.2, 0.25) is 0 Å². The van der Waals surface area contributed by atoms with Crippen molar-refractivity contribution in [1.29, 1.82) is 0 Å². The monoisotopic (exact) mass is 262 g/mol. The molecule has 18 heavy (non-hydrogen) atoms. The number of anilines is 1. The van der Waals surface area contributed by atoms with E-state index in [9.17, 15) is 0 Å². The van der Waals surface area contributed by atoms with Gasteiger partial charge in [0.25, 0.3) is 0 Å². The molecule has 0 heterocycles. The first-order chi connectivity index (χ1) is 8.65. The second-order valence-electron chi connectivity index (χ2n) is 5.34. The van der Waals surface area contributed by atoms with Crippen LogP contribution in [0.15, 0.2) is 24.3 Å². The molecule has 2 N–H and O–H groups in total. The molecule has 0 radical (unpaired) electrons. The lowest BCUT2D eigenvalue weighted by Crippen LogP contribution is -2.43. The summed E-state index contributed by atoms with van der Waals surface area (Å²) in [6, 6.07) is 8.82. The molecule has 0 aliphatic heterocycles. The van der Waals surface area contributed by atoms with E-state index in [-0.39, 0.29) is 0 Å². The van der Waals surface area contributed by atoms with Gasteiger partial charge in [0.1, 0.15) is 0 Å². The highest BCUT2D eigenvalue weighted by molar-refractivity contribution is 7.80. The summed E-state index contributed by atoms with van der Waals surface area (Å²) in [5.41, 5.74) is 2.31. The smallest absolute Gasteiger partial charge is 0.171 e. The summed E-state index contributed by atoms with van der Waals surface area (Å²) in [5.74, 6) is 0.719. The van der Waals surface area contributed by atoms with Crippen LogP contribution in [0.5, 0.6) is 0 Å². The molecular weight excluding hydrogens is 240 g/mol. The van der Waals surface area contributed by atoms with Gasteiger partial charge in [-0.15, -0.1) is 0 Å². The molecule has 2 rings (SSSR count).